The highest BCUT2D eigenvalue weighted by Crippen LogP contribution is 2.33. The van der Waals surface area contributed by atoms with Gasteiger partial charge in [-0.05, 0) is 43.3 Å². The van der Waals surface area contributed by atoms with Crippen molar-refractivity contribution in [1.82, 2.24) is 4.98 Å². The first-order valence-corrected chi connectivity index (χ1v) is 9.55. The fourth-order valence-corrected chi connectivity index (χ4v) is 3.76. The Bertz CT molecular complexity index is 1060. The van der Waals surface area contributed by atoms with Crippen LogP contribution in [0.2, 0.25) is 10.0 Å². The van der Waals surface area contributed by atoms with Crippen LogP contribution in [0.5, 0.6) is 0 Å². The Morgan fingerprint density at radius 1 is 1.29 bits per heavy atom. The van der Waals surface area contributed by atoms with E-state index in [-0.39, 0.29) is 18.3 Å². The van der Waals surface area contributed by atoms with Crippen LogP contribution in [0.3, 0.4) is 0 Å². The minimum Gasteiger partial charge on any atom is -0.466 e. The summed E-state index contributed by atoms with van der Waals surface area (Å²) in [5.41, 5.74) is 2.49. The van der Waals surface area contributed by atoms with Crippen LogP contribution in [-0.2, 0) is 14.3 Å². The summed E-state index contributed by atoms with van der Waals surface area (Å²) in [6.45, 7) is 2.37. The minimum absolute atomic E-state index is 0.103. The van der Waals surface area contributed by atoms with Gasteiger partial charge in [-0.15, -0.1) is 0 Å². The molecule has 0 saturated carbocycles. The van der Waals surface area contributed by atoms with Crippen LogP contribution in [0.25, 0.3) is 22.6 Å². The van der Waals surface area contributed by atoms with Crippen LogP contribution in [0.15, 0.2) is 40.8 Å². The van der Waals surface area contributed by atoms with Gasteiger partial charge in [0.25, 0.3) is 0 Å². The summed E-state index contributed by atoms with van der Waals surface area (Å²) in [5, 5.41) is 0.877. The zero-order chi connectivity index (χ0) is 19.8. The Balaban J connectivity index is 1.57. The van der Waals surface area contributed by atoms with Gasteiger partial charge in [0, 0.05) is 29.2 Å². The minimum atomic E-state index is -0.434. The van der Waals surface area contributed by atoms with Crippen molar-refractivity contribution in [2.75, 3.05) is 18.1 Å². The van der Waals surface area contributed by atoms with E-state index in [1.807, 2.05) is 0 Å². The Morgan fingerprint density at radius 3 is 2.75 bits per heavy atom. The molecule has 1 aliphatic rings. The van der Waals surface area contributed by atoms with E-state index in [0.717, 1.165) is 5.56 Å². The fraction of sp³-hybridized carbons (Fsp3) is 0.250. The molecule has 0 bridgehead atoms. The second-order valence-electron chi connectivity index (χ2n) is 6.46. The molecule has 1 saturated heterocycles. The van der Waals surface area contributed by atoms with Gasteiger partial charge >= 0.3 is 5.97 Å². The average Bonchev–Trinajstić information content (AvgIpc) is 3.26. The molecule has 28 heavy (non-hydrogen) atoms. The number of fused-ring (bicyclic) bond motifs is 1. The van der Waals surface area contributed by atoms with Crippen molar-refractivity contribution < 1.29 is 18.7 Å². The molecule has 1 amide bonds. The number of ether oxygens (including phenoxy) is 1. The topological polar surface area (TPSA) is 72.6 Å². The second kappa shape index (κ2) is 7.45. The molecular formula is C20H16Cl2N2O4. The molecule has 1 atom stereocenters. The number of anilines is 1. The van der Waals surface area contributed by atoms with Gasteiger partial charge in [-0.2, -0.15) is 0 Å². The predicted molar refractivity (Wildman–Crippen MR) is 107 cm³/mol. The van der Waals surface area contributed by atoms with Crippen LogP contribution in [0, 0.1) is 5.92 Å². The van der Waals surface area contributed by atoms with E-state index >= 15 is 0 Å². The quantitative estimate of drug-likeness (QED) is 0.573. The number of aromatic nitrogens is 1. The Kier molecular flexibility index (Phi) is 5.00. The van der Waals surface area contributed by atoms with E-state index in [1.165, 1.54) is 0 Å². The Labute approximate surface area is 171 Å². The van der Waals surface area contributed by atoms with E-state index in [0.29, 0.717) is 45.9 Å². The fourth-order valence-electron chi connectivity index (χ4n) is 3.24. The number of benzene rings is 2. The molecule has 4 rings (SSSR count). The highest BCUT2D eigenvalue weighted by molar-refractivity contribution is 6.38. The van der Waals surface area contributed by atoms with Gasteiger partial charge in [-0.25, -0.2) is 4.98 Å². The van der Waals surface area contributed by atoms with Crippen LogP contribution in [0.1, 0.15) is 13.3 Å². The van der Waals surface area contributed by atoms with Gasteiger partial charge in [-0.1, -0.05) is 23.2 Å². The molecule has 144 valence electrons. The first-order chi connectivity index (χ1) is 13.5. The third-order valence-electron chi connectivity index (χ3n) is 4.58. The van der Waals surface area contributed by atoms with Gasteiger partial charge in [0.05, 0.1) is 17.5 Å². The monoisotopic (exact) mass is 418 g/mol. The standard InChI is InChI=1S/C20H16Cl2N2O4/c1-2-27-20(26)12-7-17(25)24(10-12)14-5-3-11(4-6-14)19-23-16-9-13(21)8-15(22)18(16)28-19/h3-6,8-9,12H,2,7,10H2,1H3/t12-/m0/s1. The van der Waals surface area contributed by atoms with Crippen LogP contribution < -0.4 is 4.90 Å². The van der Waals surface area contributed by atoms with Crippen molar-refractivity contribution in [3.05, 3.63) is 46.4 Å². The third-order valence-corrected chi connectivity index (χ3v) is 5.08. The third kappa shape index (κ3) is 3.45. The summed E-state index contributed by atoms with van der Waals surface area (Å²) < 4.78 is 10.8. The summed E-state index contributed by atoms with van der Waals surface area (Å²) in [6, 6.07) is 10.5. The van der Waals surface area contributed by atoms with Crippen LogP contribution in [-0.4, -0.2) is 30.0 Å². The van der Waals surface area contributed by atoms with Gasteiger partial charge in [0.1, 0.15) is 5.52 Å². The molecule has 2 heterocycles. The van der Waals surface area contributed by atoms with Crippen molar-refractivity contribution in [2.45, 2.75) is 13.3 Å². The molecule has 1 fully saturated rings. The lowest BCUT2D eigenvalue weighted by Crippen LogP contribution is -2.26. The molecule has 1 aliphatic heterocycles. The van der Waals surface area contributed by atoms with Gasteiger partial charge in [-0.3, -0.25) is 9.59 Å². The molecule has 6 nitrogen and oxygen atoms in total. The number of hydrogen-bond acceptors (Lipinski definition) is 5. The van der Waals surface area contributed by atoms with Gasteiger partial charge in [0.15, 0.2) is 5.58 Å². The molecule has 8 heteroatoms. The molecule has 0 unspecified atom stereocenters. The SMILES string of the molecule is CCOC(=O)[C@H]1CC(=O)N(c2ccc(-c3nc4cc(Cl)cc(Cl)c4o3)cc2)C1. The first kappa shape index (κ1) is 18.8. The van der Waals surface area contributed by atoms with Gasteiger partial charge in [0.2, 0.25) is 11.8 Å². The van der Waals surface area contributed by atoms with Crippen molar-refractivity contribution >= 4 is 51.9 Å². The number of amides is 1. The number of halogens is 2. The first-order valence-electron chi connectivity index (χ1n) is 8.79. The second-order valence-corrected chi connectivity index (χ2v) is 7.30. The van der Waals surface area contributed by atoms with E-state index in [4.69, 9.17) is 32.4 Å². The number of nitrogens with zero attached hydrogens (tertiary/aromatic N) is 2. The highest BCUT2D eigenvalue weighted by Gasteiger charge is 2.36. The molecule has 3 aromatic rings. The highest BCUT2D eigenvalue weighted by atomic mass is 35.5. The number of hydrogen-bond donors (Lipinski definition) is 0. The zero-order valence-electron chi connectivity index (χ0n) is 14.9. The normalized spacial score (nSPS) is 16.8. The van der Waals surface area contributed by atoms with E-state index in [1.54, 1.807) is 48.2 Å². The molecule has 1 aromatic heterocycles. The lowest BCUT2D eigenvalue weighted by atomic mass is 10.1. The summed E-state index contributed by atoms with van der Waals surface area (Å²) in [5.74, 6) is -0.468. The lowest BCUT2D eigenvalue weighted by molar-refractivity contribution is -0.147. The van der Waals surface area contributed by atoms with Crippen molar-refractivity contribution in [3.8, 4) is 11.5 Å². The molecule has 0 N–H and O–H groups in total. The summed E-state index contributed by atoms with van der Waals surface area (Å²) in [6.07, 6.45) is 0.158. The smallest absolute Gasteiger partial charge is 0.311 e. The zero-order valence-corrected chi connectivity index (χ0v) is 16.5. The number of rotatable bonds is 4. The van der Waals surface area contributed by atoms with Crippen LogP contribution in [0.4, 0.5) is 5.69 Å². The largest absolute Gasteiger partial charge is 0.466 e. The van der Waals surface area contributed by atoms with E-state index < -0.39 is 5.92 Å². The molecule has 0 spiro atoms. The number of esters is 1. The maximum atomic E-state index is 12.3. The predicted octanol–water partition coefficient (Wildman–Crippen LogP) is 4.72. The molecule has 2 aromatic carbocycles. The number of oxazole rings is 1. The number of carbonyl (C=O) groups is 2. The van der Waals surface area contributed by atoms with E-state index in [2.05, 4.69) is 4.98 Å². The van der Waals surface area contributed by atoms with Crippen molar-refractivity contribution in [1.29, 1.82) is 0 Å². The summed E-state index contributed by atoms with van der Waals surface area (Å²) >= 11 is 12.2. The maximum absolute atomic E-state index is 12.3. The van der Waals surface area contributed by atoms with Crippen LogP contribution >= 0.6 is 23.2 Å². The maximum Gasteiger partial charge on any atom is 0.311 e. The molecular weight excluding hydrogens is 403 g/mol. The average molecular weight is 419 g/mol. The Hall–Kier alpha value is -2.57. The molecule has 0 radical (unpaired) electrons. The van der Waals surface area contributed by atoms with Gasteiger partial charge < -0.3 is 14.1 Å². The summed E-state index contributed by atoms with van der Waals surface area (Å²) in [7, 11) is 0. The number of carbonyl (C=O) groups excluding carboxylic acids is 2. The lowest BCUT2D eigenvalue weighted by Gasteiger charge is -2.16. The summed E-state index contributed by atoms with van der Waals surface area (Å²) in [4.78, 5) is 30.2. The van der Waals surface area contributed by atoms with E-state index in [9.17, 15) is 9.59 Å². The van der Waals surface area contributed by atoms with Crippen molar-refractivity contribution in [3.63, 3.8) is 0 Å². The van der Waals surface area contributed by atoms with Crippen molar-refractivity contribution in [2.24, 2.45) is 5.92 Å². The molecule has 0 aliphatic carbocycles. The Morgan fingerprint density at radius 2 is 2.04 bits per heavy atom.